The van der Waals surface area contributed by atoms with Crippen LogP contribution in [0.4, 0.5) is 0 Å². The lowest BCUT2D eigenvalue weighted by Gasteiger charge is -2.31. The number of piperidine rings is 1. The van der Waals surface area contributed by atoms with Crippen molar-refractivity contribution in [1.82, 2.24) is 9.62 Å². The third-order valence-electron chi connectivity index (χ3n) is 3.39. The van der Waals surface area contributed by atoms with Gasteiger partial charge in [0.2, 0.25) is 10.0 Å². The summed E-state index contributed by atoms with van der Waals surface area (Å²) in [6, 6.07) is 2.99. The lowest BCUT2D eigenvalue weighted by Crippen LogP contribution is -2.46. The van der Waals surface area contributed by atoms with Crippen molar-refractivity contribution in [3.63, 3.8) is 0 Å². The van der Waals surface area contributed by atoms with E-state index in [0.717, 1.165) is 19.4 Å². The molecule has 4 nitrogen and oxygen atoms in total. The van der Waals surface area contributed by atoms with Gasteiger partial charge in [0.05, 0.1) is 10.0 Å². The van der Waals surface area contributed by atoms with E-state index in [0.29, 0.717) is 11.0 Å². The summed E-state index contributed by atoms with van der Waals surface area (Å²) in [5.41, 5.74) is 0. The third-order valence-corrected chi connectivity index (χ3v) is 6.68. The first kappa shape index (κ1) is 16.5. The maximum atomic E-state index is 12.7. The minimum absolute atomic E-state index is 0.0305. The van der Waals surface area contributed by atoms with Crippen molar-refractivity contribution in [2.75, 3.05) is 20.1 Å². The molecule has 0 aromatic heterocycles. The zero-order valence-corrected chi connectivity index (χ0v) is 14.8. The largest absolute Gasteiger partial charge is 0.315 e. The predicted molar refractivity (Wildman–Crippen MR) is 85.0 cm³/mol. The van der Waals surface area contributed by atoms with Gasteiger partial charge in [0.15, 0.2) is 0 Å². The van der Waals surface area contributed by atoms with Crippen molar-refractivity contribution < 1.29 is 8.42 Å². The summed E-state index contributed by atoms with van der Waals surface area (Å²) in [6.07, 6.45) is 1.78. The van der Waals surface area contributed by atoms with Gasteiger partial charge in [-0.15, -0.1) is 0 Å². The van der Waals surface area contributed by atoms with E-state index in [9.17, 15) is 8.42 Å². The summed E-state index contributed by atoms with van der Waals surface area (Å²) in [5.74, 6) is 0. The van der Waals surface area contributed by atoms with Gasteiger partial charge in [-0.05, 0) is 31.5 Å². The summed E-state index contributed by atoms with van der Waals surface area (Å²) in [5, 5.41) is 3.45. The van der Waals surface area contributed by atoms with Crippen LogP contribution in [0.25, 0.3) is 0 Å². The molecule has 8 heteroatoms. The molecular formula is C12H15BrCl2N2O2S. The van der Waals surface area contributed by atoms with E-state index in [1.807, 2.05) is 0 Å². The van der Waals surface area contributed by atoms with Gasteiger partial charge in [0.1, 0.15) is 4.90 Å². The highest BCUT2D eigenvalue weighted by Crippen LogP contribution is 2.35. The highest BCUT2D eigenvalue weighted by atomic mass is 79.9. The molecule has 1 unspecified atom stereocenters. The van der Waals surface area contributed by atoms with E-state index >= 15 is 0 Å². The molecule has 1 N–H and O–H groups in total. The van der Waals surface area contributed by atoms with Crippen LogP contribution < -0.4 is 5.32 Å². The maximum absolute atomic E-state index is 12.7. The van der Waals surface area contributed by atoms with Gasteiger partial charge in [-0.25, -0.2) is 8.42 Å². The Morgan fingerprint density at radius 3 is 2.45 bits per heavy atom. The molecule has 0 spiro atoms. The Labute approximate surface area is 137 Å². The molecule has 0 bridgehead atoms. The smallest absolute Gasteiger partial charge is 0.246 e. The van der Waals surface area contributed by atoms with Gasteiger partial charge >= 0.3 is 0 Å². The second-order valence-electron chi connectivity index (χ2n) is 4.72. The zero-order chi connectivity index (χ0) is 14.9. The van der Waals surface area contributed by atoms with Crippen LogP contribution in [0.5, 0.6) is 0 Å². The Kier molecular flexibility index (Phi) is 5.37. The van der Waals surface area contributed by atoms with Crippen LogP contribution in [-0.2, 0) is 10.0 Å². The molecule has 1 aromatic carbocycles. The quantitative estimate of drug-likeness (QED) is 0.846. The number of rotatable bonds is 3. The molecule has 1 aliphatic rings. The molecule has 2 rings (SSSR count). The molecule has 1 atom stereocenters. The van der Waals surface area contributed by atoms with Crippen molar-refractivity contribution in [1.29, 1.82) is 0 Å². The number of halogens is 3. The summed E-state index contributed by atoms with van der Waals surface area (Å²) in [7, 11) is -2.14. The first-order chi connectivity index (χ1) is 9.34. The molecule has 0 aliphatic carbocycles. The monoisotopic (exact) mass is 400 g/mol. The van der Waals surface area contributed by atoms with Crippen LogP contribution in [0.1, 0.15) is 12.8 Å². The Morgan fingerprint density at radius 2 is 1.95 bits per heavy atom. The van der Waals surface area contributed by atoms with Gasteiger partial charge in [-0.2, -0.15) is 4.31 Å². The highest BCUT2D eigenvalue weighted by molar-refractivity contribution is 9.10. The average molecular weight is 402 g/mol. The molecule has 0 saturated carbocycles. The third kappa shape index (κ3) is 3.31. The number of hydrogen-bond donors (Lipinski definition) is 1. The lowest BCUT2D eigenvalue weighted by atomic mass is 10.1. The van der Waals surface area contributed by atoms with E-state index in [4.69, 9.17) is 23.2 Å². The minimum atomic E-state index is -3.71. The van der Waals surface area contributed by atoms with Gasteiger partial charge in [-0.3, -0.25) is 0 Å². The molecule has 0 radical (unpaired) electrons. The van der Waals surface area contributed by atoms with Crippen LogP contribution >= 0.6 is 39.1 Å². The van der Waals surface area contributed by atoms with Gasteiger partial charge < -0.3 is 5.32 Å². The van der Waals surface area contributed by atoms with Crippen LogP contribution in [0.2, 0.25) is 10.0 Å². The first-order valence-electron chi connectivity index (χ1n) is 6.17. The van der Waals surface area contributed by atoms with Gasteiger partial charge in [0.25, 0.3) is 0 Å². The number of nitrogens with one attached hydrogen (secondary N) is 1. The Morgan fingerprint density at radius 1 is 1.35 bits per heavy atom. The fraction of sp³-hybridized carbons (Fsp3) is 0.500. The van der Waals surface area contributed by atoms with Crippen molar-refractivity contribution in [3.05, 3.63) is 26.7 Å². The summed E-state index contributed by atoms with van der Waals surface area (Å²) < 4.78 is 27.4. The Balaban J connectivity index is 2.39. The molecule has 20 heavy (non-hydrogen) atoms. The second-order valence-corrected chi connectivity index (χ2v) is 8.38. The van der Waals surface area contributed by atoms with E-state index in [1.165, 1.54) is 16.4 Å². The van der Waals surface area contributed by atoms with E-state index in [2.05, 4.69) is 21.2 Å². The van der Waals surface area contributed by atoms with Crippen molar-refractivity contribution in [2.24, 2.45) is 0 Å². The van der Waals surface area contributed by atoms with Crippen LogP contribution in [-0.4, -0.2) is 38.9 Å². The summed E-state index contributed by atoms with van der Waals surface area (Å²) in [6.45, 7) is 1.56. The van der Waals surface area contributed by atoms with E-state index in [-0.39, 0.29) is 21.0 Å². The zero-order valence-electron chi connectivity index (χ0n) is 10.9. The van der Waals surface area contributed by atoms with Crippen molar-refractivity contribution in [3.8, 4) is 0 Å². The normalized spacial score (nSPS) is 20.4. The SMILES string of the molecule is CN(C1CCCNC1)S(=O)(=O)c1c(Cl)cc(Br)cc1Cl. The molecule has 1 heterocycles. The number of benzene rings is 1. The molecule has 1 aromatic rings. The number of sulfonamides is 1. The minimum Gasteiger partial charge on any atom is -0.315 e. The molecule has 1 aliphatic heterocycles. The molecule has 1 fully saturated rings. The molecule has 0 amide bonds. The molecular weight excluding hydrogens is 387 g/mol. The van der Waals surface area contributed by atoms with Gasteiger partial charge in [0, 0.05) is 24.1 Å². The average Bonchev–Trinajstić information content (AvgIpc) is 2.37. The lowest BCUT2D eigenvalue weighted by molar-refractivity contribution is 0.300. The summed E-state index contributed by atoms with van der Waals surface area (Å²) in [4.78, 5) is -0.0305. The Hall–Kier alpha value is 0.150. The van der Waals surface area contributed by atoms with Crippen LogP contribution in [0.3, 0.4) is 0 Å². The van der Waals surface area contributed by atoms with Crippen molar-refractivity contribution >= 4 is 49.2 Å². The molecule has 1 saturated heterocycles. The fourth-order valence-electron chi connectivity index (χ4n) is 2.26. The van der Waals surface area contributed by atoms with Crippen molar-refractivity contribution in [2.45, 2.75) is 23.8 Å². The second kappa shape index (κ2) is 6.50. The number of likely N-dealkylation sites (N-methyl/N-ethyl adjacent to an activating group) is 1. The van der Waals surface area contributed by atoms with Gasteiger partial charge in [-0.1, -0.05) is 39.1 Å². The number of hydrogen-bond acceptors (Lipinski definition) is 3. The Bertz CT molecular complexity index is 580. The van der Waals surface area contributed by atoms with E-state index in [1.54, 1.807) is 7.05 Å². The van der Waals surface area contributed by atoms with Crippen LogP contribution in [0, 0.1) is 0 Å². The number of nitrogens with zero attached hydrogens (tertiary/aromatic N) is 1. The predicted octanol–water partition coefficient (Wildman–Crippen LogP) is 3.13. The van der Waals surface area contributed by atoms with E-state index < -0.39 is 10.0 Å². The first-order valence-corrected chi connectivity index (χ1v) is 9.16. The van der Waals surface area contributed by atoms with Crippen LogP contribution in [0.15, 0.2) is 21.5 Å². The maximum Gasteiger partial charge on any atom is 0.246 e. The molecule has 112 valence electrons. The standard InChI is InChI=1S/C12H15BrCl2N2O2S/c1-17(9-3-2-4-16-7-9)20(18,19)12-10(14)5-8(13)6-11(12)15/h5-6,9,16H,2-4,7H2,1H3. The fourth-order valence-corrected chi connectivity index (χ4v) is 5.52. The highest BCUT2D eigenvalue weighted by Gasteiger charge is 2.32. The summed E-state index contributed by atoms with van der Waals surface area (Å²) >= 11 is 15.4. The topological polar surface area (TPSA) is 49.4 Å².